The minimum Gasteiger partial charge on any atom is -0.272 e. The lowest BCUT2D eigenvalue weighted by molar-refractivity contribution is -0.118. The first-order valence-corrected chi connectivity index (χ1v) is 13.5. The molecule has 5 rings (SSSR count). The van der Waals surface area contributed by atoms with Crippen LogP contribution in [0.25, 0.3) is 15.9 Å². The molecule has 0 spiro atoms. The summed E-state index contributed by atoms with van der Waals surface area (Å²) in [5, 5.41) is 5.48. The number of benzene rings is 2. The maximum absolute atomic E-state index is 13.8. The number of thiophene rings is 1. The fraction of sp³-hybridized carbons (Fsp3) is 0.259. The summed E-state index contributed by atoms with van der Waals surface area (Å²) >= 11 is 2.87. The van der Waals surface area contributed by atoms with E-state index in [1.165, 1.54) is 16.6 Å². The minimum absolute atomic E-state index is 0.0564. The summed E-state index contributed by atoms with van der Waals surface area (Å²) in [6, 6.07) is 17.5. The molecule has 1 aliphatic rings. The Bertz CT molecular complexity index is 1470. The fourth-order valence-electron chi connectivity index (χ4n) is 4.26. The average molecular weight is 503 g/mol. The summed E-state index contributed by atoms with van der Waals surface area (Å²) in [7, 11) is 0. The van der Waals surface area contributed by atoms with Crippen molar-refractivity contribution in [3.8, 4) is 5.69 Å². The van der Waals surface area contributed by atoms with Crippen LogP contribution in [0.4, 0.5) is 0 Å². The van der Waals surface area contributed by atoms with Crippen LogP contribution >= 0.6 is 23.1 Å². The molecule has 4 aromatic rings. The van der Waals surface area contributed by atoms with Gasteiger partial charge in [-0.1, -0.05) is 59.8 Å². The number of hydrogen-bond donors (Lipinski definition) is 1. The average Bonchev–Trinajstić information content (AvgIpc) is 3.26. The second-order valence-electron chi connectivity index (χ2n) is 8.65. The number of carbonyl (C=O) groups is 1. The molecular weight excluding hydrogens is 476 g/mol. The maximum atomic E-state index is 13.8. The van der Waals surface area contributed by atoms with Crippen molar-refractivity contribution < 1.29 is 4.79 Å². The smallest absolute Gasteiger partial charge is 0.267 e. The predicted molar refractivity (Wildman–Crippen MR) is 144 cm³/mol. The van der Waals surface area contributed by atoms with E-state index in [0.29, 0.717) is 5.16 Å². The predicted octanol–water partition coefficient (Wildman–Crippen LogP) is 5.27. The zero-order valence-electron chi connectivity index (χ0n) is 19.7. The lowest BCUT2D eigenvalue weighted by Crippen LogP contribution is -2.24. The Kier molecular flexibility index (Phi) is 6.83. The van der Waals surface area contributed by atoms with E-state index in [2.05, 4.69) is 10.5 Å². The van der Waals surface area contributed by atoms with Gasteiger partial charge in [-0.05, 0) is 62.8 Å². The van der Waals surface area contributed by atoms with Crippen molar-refractivity contribution >= 4 is 44.9 Å². The summed E-state index contributed by atoms with van der Waals surface area (Å²) in [6.45, 7) is 3.87. The van der Waals surface area contributed by atoms with Gasteiger partial charge in [-0.25, -0.2) is 10.4 Å². The Morgan fingerprint density at radius 2 is 1.86 bits per heavy atom. The van der Waals surface area contributed by atoms with Crippen LogP contribution in [0.15, 0.2) is 69.6 Å². The van der Waals surface area contributed by atoms with Crippen LogP contribution in [0.2, 0.25) is 0 Å². The number of aryl methyl sites for hydroxylation is 3. The Hall–Kier alpha value is -3.23. The highest BCUT2D eigenvalue weighted by atomic mass is 32.2. The van der Waals surface area contributed by atoms with E-state index in [1.807, 2.05) is 68.4 Å². The van der Waals surface area contributed by atoms with Gasteiger partial charge in [0.1, 0.15) is 4.83 Å². The van der Waals surface area contributed by atoms with Crippen molar-refractivity contribution in [3.05, 3.63) is 86.5 Å². The molecule has 35 heavy (non-hydrogen) atoms. The molecule has 6 nitrogen and oxygen atoms in total. The van der Waals surface area contributed by atoms with Crippen molar-refractivity contribution in [2.24, 2.45) is 5.10 Å². The minimum atomic E-state index is -0.249. The van der Waals surface area contributed by atoms with E-state index < -0.39 is 0 Å². The van der Waals surface area contributed by atoms with Gasteiger partial charge >= 0.3 is 0 Å². The molecule has 0 bridgehead atoms. The van der Waals surface area contributed by atoms with Crippen molar-refractivity contribution in [1.29, 1.82) is 0 Å². The molecule has 1 amide bonds. The molecule has 0 fully saturated rings. The van der Waals surface area contributed by atoms with E-state index in [1.54, 1.807) is 15.9 Å². The summed E-state index contributed by atoms with van der Waals surface area (Å²) in [5.41, 5.74) is 7.27. The quantitative estimate of drug-likeness (QED) is 0.169. The van der Waals surface area contributed by atoms with Crippen molar-refractivity contribution in [3.63, 3.8) is 0 Å². The second kappa shape index (κ2) is 10.2. The number of nitrogens with one attached hydrogen (secondary N) is 1. The highest BCUT2D eigenvalue weighted by Gasteiger charge is 2.23. The lowest BCUT2D eigenvalue weighted by Gasteiger charge is -2.13. The van der Waals surface area contributed by atoms with Gasteiger partial charge in [-0.3, -0.25) is 14.2 Å². The zero-order valence-corrected chi connectivity index (χ0v) is 21.3. The van der Waals surface area contributed by atoms with Gasteiger partial charge in [0.25, 0.3) is 11.5 Å². The fourth-order valence-corrected chi connectivity index (χ4v) is 6.36. The van der Waals surface area contributed by atoms with Crippen LogP contribution in [-0.2, 0) is 17.6 Å². The van der Waals surface area contributed by atoms with Crippen molar-refractivity contribution in [2.45, 2.75) is 44.7 Å². The Balaban J connectivity index is 1.45. The van der Waals surface area contributed by atoms with E-state index >= 15 is 0 Å². The molecule has 0 atom stereocenters. The number of fused-ring (bicyclic) bond motifs is 3. The van der Waals surface area contributed by atoms with Gasteiger partial charge in [0.15, 0.2) is 5.16 Å². The summed E-state index contributed by atoms with van der Waals surface area (Å²) in [4.78, 5) is 33.3. The molecule has 178 valence electrons. The van der Waals surface area contributed by atoms with Crippen molar-refractivity contribution in [2.75, 3.05) is 5.75 Å². The number of rotatable bonds is 6. The molecule has 0 radical (unpaired) electrons. The molecule has 0 saturated heterocycles. The molecule has 0 saturated carbocycles. The van der Waals surface area contributed by atoms with Gasteiger partial charge in [-0.2, -0.15) is 5.10 Å². The topological polar surface area (TPSA) is 76.3 Å². The lowest BCUT2D eigenvalue weighted by atomic mass is 9.97. The third kappa shape index (κ3) is 4.94. The van der Waals surface area contributed by atoms with Crippen LogP contribution in [0.5, 0.6) is 0 Å². The number of hydrogen-bond acceptors (Lipinski definition) is 6. The van der Waals surface area contributed by atoms with Gasteiger partial charge in [-0.15, -0.1) is 11.3 Å². The first-order valence-electron chi connectivity index (χ1n) is 11.7. The number of carbonyl (C=O) groups excluding carboxylic acids is 1. The molecule has 8 heteroatoms. The molecule has 2 aromatic carbocycles. The highest BCUT2D eigenvalue weighted by Crippen LogP contribution is 2.35. The molecule has 2 aromatic heterocycles. The van der Waals surface area contributed by atoms with Crippen LogP contribution < -0.4 is 11.0 Å². The third-order valence-electron chi connectivity index (χ3n) is 6.12. The SMILES string of the molecule is CC(=NNC(=O)CSc1nc2sc3c(c2c(=O)n1-c1ccc(C)cc1)CCCC3)c1ccccc1. The van der Waals surface area contributed by atoms with E-state index in [0.717, 1.165) is 64.0 Å². The standard InChI is InChI=1S/C27H26N4O2S2/c1-17-12-14-20(15-13-17)31-26(33)24-21-10-6-7-11-22(21)35-25(24)28-27(31)34-16-23(32)30-29-18(2)19-8-4-3-5-9-19/h3-5,8-9,12-15H,6-7,10-11,16H2,1-2H3,(H,30,32). The monoisotopic (exact) mass is 502 g/mol. The summed E-state index contributed by atoms with van der Waals surface area (Å²) < 4.78 is 1.65. The highest BCUT2D eigenvalue weighted by molar-refractivity contribution is 7.99. The molecule has 2 heterocycles. The van der Waals surface area contributed by atoms with Crippen LogP contribution in [0.3, 0.4) is 0 Å². The van der Waals surface area contributed by atoms with Crippen molar-refractivity contribution in [1.82, 2.24) is 15.0 Å². The first kappa shape index (κ1) is 23.5. The van der Waals surface area contributed by atoms with Gasteiger partial charge in [0.2, 0.25) is 0 Å². The molecule has 1 aliphatic carbocycles. The number of thioether (sulfide) groups is 1. The number of amides is 1. The first-order chi connectivity index (χ1) is 17.0. The van der Waals surface area contributed by atoms with Gasteiger partial charge < -0.3 is 0 Å². The van der Waals surface area contributed by atoms with Crippen LogP contribution in [0.1, 0.15) is 41.3 Å². The number of aromatic nitrogens is 2. The number of nitrogens with zero attached hydrogens (tertiary/aromatic N) is 3. The van der Waals surface area contributed by atoms with E-state index in [9.17, 15) is 9.59 Å². The van der Waals surface area contributed by atoms with Gasteiger partial charge in [0, 0.05) is 4.88 Å². The zero-order chi connectivity index (χ0) is 24.4. The largest absolute Gasteiger partial charge is 0.272 e. The molecule has 0 aliphatic heterocycles. The van der Waals surface area contributed by atoms with Crippen LogP contribution in [0, 0.1) is 6.92 Å². The molecule has 1 N–H and O–H groups in total. The number of hydrazone groups is 1. The summed E-state index contributed by atoms with van der Waals surface area (Å²) in [5.74, 6) is -0.152. The second-order valence-corrected chi connectivity index (χ2v) is 10.7. The van der Waals surface area contributed by atoms with Crippen LogP contribution in [-0.4, -0.2) is 26.9 Å². The molecule has 0 unspecified atom stereocenters. The Morgan fingerprint density at radius 3 is 2.63 bits per heavy atom. The Morgan fingerprint density at radius 1 is 1.11 bits per heavy atom. The van der Waals surface area contributed by atoms with E-state index in [4.69, 9.17) is 4.98 Å². The molecular formula is C27H26N4O2S2. The normalized spacial score (nSPS) is 13.6. The maximum Gasteiger partial charge on any atom is 0.267 e. The Labute approximate surface area is 212 Å². The summed E-state index contributed by atoms with van der Waals surface area (Å²) in [6.07, 6.45) is 4.18. The third-order valence-corrected chi connectivity index (χ3v) is 8.25. The van der Waals surface area contributed by atoms with E-state index in [-0.39, 0.29) is 17.2 Å². The van der Waals surface area contributed by atoms with Gasteiger partial charge in [0.05, 0.1) is 22.5 Å².